The zero-order valence-electron chi connectivity index (χ0n) is 3.07. The fourth-order valence-electron chi connectivity index (χ4n) is 0.252. The molecule has 1 rings (SSSR count). The predicted molar refractivity (Wildman–Crippen MR) is 29.3 cm³/mol. The third kappa shape index (κ3) is 0.815. The highest BCUT2D eigenvalue weighted by molar-refractivity contribution is 7.53. The van der Waals surface area contributed by atoms with Crippen LogP contribution in [0.1, 0.15) is 0 Å². The molecule has 0 aromatic carbocycles. The van der Waals surface area contributed by atoms with Crippen molar-refractivity contribution in [3.8, 4) is 0 Å². The topological polar surface area (TPSA) is 20.2 Å². The fourth-order valence-corrected chi connectivity index (χ4v) is 2.27. The number of hydrogen-bond donors (Lipinski definition) is 1. The summed E-state index contributed by atoms with van der Waals surface area (Å²) >= 11 is 0. The maximum atomic E-state index is 8.64. The molecule has 32 valence electrons. The van der Waals surface area contributed by atoms with E-state index in [0.717, 1.165) is 8.19 Å². The van der Waals surface area contributed by atoms with Gasteiger partial charge >= 0.3 is 0 Å². The molecule has 0 bridgehead atoms. The molecule has 0 aliphatic heterocycles. The van der Waals surface area contributed by atoms with Gasteiger partial charge < -0.3 is 4.89 Å². The maximum Gasteiger partial charge on any atom is 0.0105 e. The van der Waals surface area contributed by atoms with Crippen LogP contribution in [-0.4, -0.2) is 4.89 Å². The van der Waals surface area contributed by atoms with Gasteiger partial charge in [-0.2, -0.15) is 0 Å². The van der Waals surface area contributed by atoms with E-state index >= 15 is 0 Å². The molecule has 1 aromatic heterocycles. The minimum Gasteiger partial charge on any atom is -0.347 e. The van der Waals surface area contributed by atoms with Crippen molar-refractivity contribution >= 4 is 16.0 Å². The van der Waals surface area contributed by atoms with Crippen molar-refractivity contribution in [2.45, 2.75) is 0 Å². The van der Waals surface area contributed by atoms with Crippen LogP contribution in [0.5, 0.6) is 0 Å². The molecule has 0 radical (unpaired) electrons. The van der Waals surface area contributed by atoms with Crippen LogP contribution in [0.15, 0.2) is 17.1 Å². The summed E-state index contributed by atoms with van der Waals surface area (Å²) in [6.07, 6.45) is 0. The van der Waals surface area contributed by atoms with E-state index in [4.69, 9.17) is 4.89 Å². The molecular formula is C3H4OP2. The first-order valence-corrected chi connectivity index (χ1v) is 4.03. The van der Waals surface area contributed by atoms with Gasteiger partial charge in [-0.05, 0) is 11.6 Å². The lowest BCUT2D eigenvalue weighted by atomic mass is 11.2. The quantitative estimate of drug-likeness (QED) is 0.552. The van der Waals surface area contributed by atoms with Crippen molar-refractivity contribution in [2.24, 2.45) is 0 Å². The van der Waals surface area contributed by atoms with E-state index in [1.165, 1.54) is 0 Å². The van der Waals surface area contributed by atoms with Gasteiger partial charge in [0.2, 0.25) is 0 Å². The highest BCUT2D eigenvalue weighted by Gasteiger charge is 1.75. The van der Waals surface area contributed by atoms with Crippen LogP contribution < -0.4 is 0 Å². The lowest BCUT2D eigenvalue weighted by Gasteiger charge is -1.68. The van der Waals surface area contributed by atoms with Gasteiger partial charge in [0, 0.05) is 13.3 Å². The van der Waals surface area contributed by atoms with E-state index in [-0.39, 0.29) is 0 Å². The molecular weight excluding hydrogens is 114 g/mol. The third-order valence-electron chi connectivity index (χ3n) is 0.490. The van der Waals surface area contributed by atoms with Crippen LogP contribution in [0.25, 0.3) is 0 Å². The second-order valence-electron chi connectivity index (χ2n) is 0.943. The molecule has 0 aliphatic carbocycles. The minimum absolute atomic E-state index is 0.783. The van der Waals surface area contributed by atoms with Gasteiger partial charge in [-0.15, -0.1) is 0 Å². The average molecular weight is 118 g/mol. The van der Waals surface area contributed by atoms with Crippen molar-refractivity contribution in [3.05, 3.63) is 17.1 Å². The average Bonchev–Trinajstić information content (AvgIpc) is 1.86. The maximum absolute atomic E-state index is 8.64. The van der Waals surface area contributed by atoms with Gasteiger partial charge in [-0.25, -0.2) is 0 Å². The van der Waals surface area contributed by atoms with Crippen molar-refractivity contribution < 1.29 is 4.89 Å². The highest BCUT2D eigenvalue weighted by atomic mass is 31.1. The molecule has 0 amide bonds. The summed E-state index contributed by atoms with van der Waals surface area (Å²) in [5.41, 5.74) is 1.88. The molecule has 1 atom stereocenters. The smallest absolute Gasteiger partial charge is 0.0105 e. The zero-order valence-corrected chi connectivity index (χ0v) is 4.86. The van der Waals surface area contributed by atoms with Gasteiger partial charge in [0.25, 0.3) is 0 Å². The zero-order chi connectivity index (χ0) is 4.41. The standard InChI is InChI=1S/C3H4OP2/c4-6-2-1-5-3-6/h1-4H. The summed E-state index contributed by atoms with van der Waals surface area (Å²) in [5.74, 6) is 3.78. The Labute approximate surface area is 38.9 Å². The van der Waals surface area contributed by atoms with Crippen LogP contribution in [0.3, 0.4) is 0 Å². The van der Waals surface area contributed by atoms with Crippen molar-refractivity contribution in [1.29, 1.82) is 0 Å². The lowest BCUT2D eigenvalue weighted by Crippen LogP contribution is -1.29. The Kier molecular flexibility index (Phi) is 1.26. The number of rotatable bonds is 0. The second-order valence-corrected chi connectivity index (χ2v) is 3.52. The van der Waals surface area contributed by atoms with Gasteiger partial charge in [0.15, 0.2) is 0 Å². The molecule has 3 heteroatoms. The van der Waals surface area contributed by atoms with Gasteiger partial charge in [-0.1, -0.05) is 8.19 Å². The summed E-state index contributed by atoms with van der Waals surface area (Å²) in [6, 6.07) is 0. The van der Waals surface area contributed by atoms with Gasteiger partial charge in [0.1, 0.15) is 0 Å². The van der Waals surface area contributed by atoms with Gasteiger partial charge in [0.05, 0.1) is 0 Å². The molecule has 0 saturated heterocycles. The summed E-state index contributed by atoms with van der Waals surface area (Å²) in [7, 11) is 0.376. The molecule has 0 fully saturated rings. The van der Waals surface area contributed by atoms with Crippen molar-refractivity contribution in [2.75, 3.05) is 0 Å². The monoisotopic (exact) mass is 118 g/mol. The van der Waals surface area contributed by atoms with Crippen LogP contribution in [0, 0.1) is 0 Å². The molecule has 0 aliphatic rings. The first-order chi connectivity index (χ1) is 2.89. The van der Waals surface area contributed by atoms with E-state index in [9.17, 15) is 0 Å². The summed E-state index contributed by atoms with van der Waals surface area (Å²) in [5, 5.41) is 0. The largest absolute Gasteiger partial charge is 0.347 e. The molecule has 6 heavy (non-hydrogen) atoms. The first-order valence-electron chi connectivity index (χ1n) is 1.57. The fraction of sp³-hybridized carbons (Fsp3) is 0. The number of hydrogen-bond acceptors (Lipinski definition) is 1. The molecule has 1 heterocycles. The lowest BCUT2D eigenvalue weighted by molar-refractivity contribution is 0.650. The molecule has 0 spiro atoms. The minimum atomic E-state index is -0.783. The molecule has 0 saturated carbocycles. The van der Waals surface area contributed by atoms with Crippen LogP contribution in [0.4, 0.5) is 0 Å². The Morgan fingerprint density at radius 3 is 2.67 bits per heavy atom. The normalized spacial score (nSPS) is 13.2. The van der Waals surface area contributed by atoms with Gasteiger partial charge in [-0.3, -0.25) is 0 Å². The molecule has 1 N–H and O–H groups in total. The van der Waals surface area contributed by atoms with E-state index in [1.807, 2.05) is 17.1 Å². The summed E-state index contributed by atoms with van der Waals surface area (Å²) in [6.45, 7) is 0. The van der Waals surface area contributed by atoms with E-state index in [1.54, 1.807) is 0 Å². The van der Waals surface area contributed by atoms with Crippen LogP contribution in [0.2, 0.25) is 0 Å². The van der Waals surface area contributed by atoms with Crippen LogP contribution in [-0.2, 0) is 0 Å². The Balaban J connectivity index is 3.05. The summed E-state index contributed by atoms with van der Waals surface area (Å²) in [4.78, 5) is 8.64. The Morgan fingerprint density at radius 2 is 2.50 bits per heavy atom. The third-order valence-corrected chi connectivity index (χ3v) is 2.98. The molecule has 1 aromatic rings. The Hall–Kier alpha value is 0.170. The SMILES string of the molecule is Op1ccpc1. The predicted octanol–water partition coefficient (Wildman–Crippen LogP) is 2.01. The second kappa shape index (κ2) is 1.75. The highest BCUT2D eigenvalue weighted by Crippen LogP contribution is 2.26. The Bertz CT molecular complexity index is 112. The van der Waals surface area contributed by atoms with E-state index < -0.39 is 7.76 Å². The van der Waals surface area contributed by atoms with E-state index in [0.29, 0.717) is 0 Å². The Morgan fingerprint density at radius 1 is 1.67 bits per heavy atom. The molecule has 1 nitrogen and oxygen atoms in total. The first kappa shape index (κ1) is 4.33. The van der Waals surface area contributed by atoms with Crippen molar-refractivity contribution in [3.63, 3.8) is 0 Å². The van der Waals surface area contributed by atoms with E-state index in [2.05, 4.69) is 0 Å². The van der Waals surface area contributed by atoms with Crippen molar-refractivity contribution in [1.82, 2.24) is 0 Å². The summed E-state index contributed by atoms with van der Waals surface area (Å²) < 4.78 is 0. The van der Waals surface area contributed by atoms with Crippen LogP contribution >= 0.6 is 16.0 Å². The molecule has 1 unspecified atom stereocenters.